The van der Waals surface area contributed by atoms with E-state index in [0.717, 1.165) is 11.1 Å². The van der Waals surface area contributed by atoms with Gasteiger partial charge < -0.3 is 19.9 Å². The molecule has 0 spiro atoms. The van der Waals surface area contributed by atoms with E-state index in [9.17, 15) is 9.59 Å². The molecule has 0 saturated carbocycles. The zero-order valence-corrected chi connectivity index (χ0v) is 17.2. The monoisotopic (exact) mass is 400 g/mol. The van der Waals surface area contributed by atoms with Crippen molar-refractivity contribution in [1.29, 1.82) is 0 Å². The highest BCUT2D eigenvalue weighted by atomic mass is 16.6. The number of piperazine rings is 1. The average molecular weight is 400 g/mol. The first-order valence-corrected chi connectivity index (χ1v) is 9.71. The Morgan fingerprint density at radius 3 is 2.24 bits per heavy atom. The molecule has 1 fully saturated rings. The third kappa shape index (κ3) is 6.20. The number of nitrogens with zero attached hydrogens (tertiary/aromatic N) is 5. The van der Waals surface area contributed by atoms with Crippen molar-refractivity contribution in [3.63, 3.8) is 0 Å². The summed E-state index contributed by atoms with van der Waals surface area (Å²) in [5.74, 6) is 0. The Morgan fingerprint density at radius 1 is 1.03 bits per heavy atom. The highest BCUT2D eigenvalue weighted by Gasteiger charge is 2.27. The largest absolute Gasteiger partial charge is 0.444 e. The highest BCUT2D eigenvalue weighted by Crippen LogP contribution is 2.12. The minimum atomic E-state index is -0.517. The Bertz CT molecular complexity index is 806. The van der Waals surface area contributed by atoms with Gasteiger partial charge in [0.2, 0.25) is 0 Å². The molecule has 29 heavy (non-hydrogen) atoms. The maximum Gasteiger partial charge on any atom is 0.410 e. The normalized spacial score (nSPS) is 14.6. The van der Waals surface area contributed by atoms with E-state index < -0.39 is 5.60 Å². The molecule has 2 aromatic rings. The van der Waals surface area contributed by atoms with Gasteiger partial charge in [-0.1, -0.05) is 24.3 Å². The summed E-state index contributed by atoms with van der Waals surface area (Å²) in [7, 11) is 0. The van der Waals surface area contributed by atoms with Gasteiger partial charge in [-0.15, -0.1) is 0 Å². The van der Waals surface area contributed by atoms with Gasteiger partial charge in [0.15, 0.2) is 0 Å². The van der Waals surface area contributed by atoms with Crippen LogP contribution < -0.4 is 5.32 Å². The van der Waals surface area contributed by atoms with Crippen molar-refractivity contribution >= 4 is 12.1 Å². The summed E-state index contributed by atoms with van der Waals surface area (Å²) in [6.45, 7) is 8.56. The van der Waals surface area contributed by atoms with Crippen molar-refractivity contribution < 1.29 is 14.3 Å². The molecule has 1 N–H and O–H groups in total. The number of amides is 3. The predicted octanol–water partition coefficient (Wildman–Crippen LogP) is 2.09. The van der Waals surface area contributed by atoms with E-state index in [-0.39, 0.29) is 12.1 Å². The molecule has 1 saturated heterocycles. The number of ether oxygens (including phenoxy) is 1. The lowest BCUT2D eigenvalue weighted by Crippen LogP contribution is -2.53. The zero-order chi connectivity index (χ0) is 20.9. The number of nitrogens with one attached hydrogen (secondary N) is 1. The average Bonchev–Trinajstić information content (AvgIpc) is 3.19. The molecular formula is C20H28N6O3. The van der Waals surface area contributed by atoms with Crippen molar-refractivity contribution in [3.05, 3.63) is 48.0 Å². The maximum atomic E-state index is 12.4. The fraction of sp³-hybridized carbons (Fsp3) is 0.500. The second kappa shape index (κ2) is 8.93. The molecule has 3 rings (SSSR count). The molecule has 9 heteroatoms. The number of aromatic nitrogens is 3. The Kier molecular flexibility index (Phi) is 6.36. The van der Waals surface area contributed by atoms with E-state index in [2.05, 4.69) is 15.4 Å². The van der Waals surface area contributed by atoms with Gasteiger partial charge >= 0.3 is 12.1 Å². The summed E-state index contributed by atoms with van der Waals surface area (Å²) in [6, 6.07) is 7.89. The number of carbonyl (C=O) groups is 2. The number of hydrogen-bond donors (Lipinski definition) is 1. The van der Waals surface area contributed by atoms with E-state index in [1.807, 2.05) is 45.0 Å². The minimum absolute atomic E-state index is 0.125. The van der Waals surface area contributed by atoms with Crippen LogP contribution in [-0.2, 0) is 17.8 Å². The lowest BCUT2D eigenvalue weighted by molar-refractivity contribution is 0.0170. The third-order valence-corrected chi connectivity index (χ3v) is 4.50. The summed E-state index contributed by atoms with van der Waals surface area (Å²) >= 11 is 0. The van der Waals surface area contributed by atoms with Crippen LogP contribution in [-0.4, -0.2) is 68.5 Å². The summed E-state index contributed by atoms with van der Waals surface area (Å²) in [4.78, 5) is 31.8. The van der Waals surface area contributed by atoms with Crippen molar-refractivity contribution in [2.45, 2.75) is 39.5 Å². The first-order valence-electron chi connectivity index (χ1n) is 9.71. The van der Waals surface area contributed by atoms with Gasteiger partial charge in [-0.25, -0.2) is 19.3 Å². The van der Waals surface area contributed by atoms with Gasteiger partial charge in [0.05, 0.1) is 6.54 Å². The van der Waals surface area contributed by atoms with E-state index >= 15 is 0 Å². The van der Waals surface area contributed by atoms with Crippen LogP contribution in [0.4, 0.5) is 9.59 Å². The van der Waals surface area contributed by atoms with Gasteiger partial charge in [0.25, 0.3) is 0 Å². The molecule has 1 aromatic heterocycles. The van der Waals surface area contributed by atoms with Crippen molar-refractivity contribution in [3.8, 4) is 0 Å². The summed E-state index contributed by atoms with van der Waals surface area (Å²) in [5.41, 5.74) is 1.62. The van der Waals surface area contributed by atoms with E-state index in [1.165, 1.54) is 6.33 Å². The summed E-state index contributed by atoms with van der Waals surface area (Å²) in [6.07, 6.45) is 2.86. The van der Waals surface area contributed by atoms with Gasteiger partial charge in [-0.3, -0.25) is 0 Å². The highest BCUT2D eigenvalue weighted by molar-refractivity contribution is 5.75. The molecule has 9 nitrogen and oxygen atoms in total. The van der Waals surface area contributed by atoms with Gasteiger partial charge in [0.1, 0.15) is 18.3 Å². The standard InChI is InChI=1S/C20H28N6O3/c1-20(2,3)29-19(28)25-10-8-24(9-11-25)18(27)22-12-16-4-6-17(7-5-16)13-26-15-21-14-23-26/h4-7,14-15H,8-13H2,1-3H3,(H,22,27). The van der Waals surface area contributed by atoms with E-state index in [0.29, 0.717) is 39.3 Å². The fourth-order valence-electron chi connectivity index (χ4n) is 2.97. The molecule has 3 amide bonds. The van der Waals surface area contributed by atoms with Crippen LogP contribution in [0.3, 0.4) is 0 Å². The summed E-state index contributed by atoms with van der Waals surface area (Å²) < 4.78 is 7.14. The quantitative estimate of drug-likeness (QED) is 0.848. The number of benzene rings is 1. The second-order valence-corrected chi connectivity index (χ2v) is 8.02. The van der Waals surface area contributed by atoms with Crippen LogP contribution in [0.2, 0.25) is 0 Å². The predicted molar refractivity (Wildman–Crippen MR) is 107 cm³/mol. The molecule has 0 unspecified atom stereocenters. The van der Waals surface area contributed by atoms with Crippen LogP contribution in [0.1, 0.15) is 31.9 Å². The van der Waals surface area contributed by atoms with E-state index in [4.69, 9.17) is 4.74 Å². The molecule has 156 valence electrons. The molecule has 0 aliphatic carbocycles. The van der Waals surface area contributed by atoms with Crippen molar-refractivity contribution in [1.82, 2.24) is 29.9 Å². The van der Waals surface area contributed by atoms with E-state index in [1.54, 1.807) is 20.8 Å². The number of carbonyl (C=O) groups excluding carboxylic acids is 2. The molecule has 1 aromatic carbocycles. The minimum Gasteiger partial charge on any atom is -0.444 e. The Morgan fingerprint density at radius 2 is 1.66 bits per heavy atom. The Labute approximate surface area is 170 Å². The first-order chi connectivity index (χ1) is 13.8. The van der Waals surface area contributed by atoms with Crippen LogP contribution in [0.25, 0.3) is 0 Å². The maximum absolute atomic E-state index is 12.4. The molecule has 2 heterocycles. The molecule has 0 radical (unpaired) electrons. The van der Waals surface area contributed by atoms with Crippen LogP contribution in [0.15, 0.2) is 36.9 Å². The number of rotatable bonds is 4. The summed E-state index contributed by atoms with van der Waals surface area (Å²) in [5, 5.41) is 7.03. The number of hydrogen-bond acceptors (Lipinski definition) is 5. The van der Waals surface area contributed by atoms with Crippen molar-refractivity contribution in [2.75, 3.05) is 26.2 Å². The topological polar surface area (TPSA) is 92.6 Å². The lowest BCUT2D eigenvalue weighted by atomic mass is 10.1. The Balaban J connectivity index is 1.41. The Hall–Kier alpha value is -3.10. The van der Waals surface area contributed by atoms with Gasteiger partial charge in [-0.2, -0.15) is 5.10 Å². The molecule has 1 aliphatic rings. The van der Waals surface area contributed by atoms with Crippen LogP contribution in [0, 0.1) is 0 Å². The second-order valence-electron chi connectivity index (χ2n) is 8.02. The van der Waals surface area contributed by atoms with Crippen molar-refractivity contribution in [2.24, 2.45) is 0 Å². The van der Waals surface area contributed by atoms with Crippen LogP contribution in [0.5, 0.6) is 0 Å². The fourth-order valence-corrected chi connectivity index (χ4v) is 2.97. The van der Waals surface area contributed by atoms with Gasteiger partial charge in [0, 0.05) is 32.7 Å². The lowest BCUT2D eigenvalue weighted by Gasteiger charge is -2.35. The third-order valence-electron chi connectivity index (χ3n) is 4.50. The molecule has 0 bridgehead atoms. The zero-order valence-electron chi connectivity index (χ0n) is 17.2. The SMILES string of the molecule is CC(C)(C)OC(=O)N1CCN(C(=O)NCc2ccc(Cn3cncn3)cc2)CC1. The smallest absolute Gasteiger partial charge is 0.410 e. The van der Waals surface area contributed by atoms with Gasteiger partial charge in [-0.05, 0) is 31.9 Å². The molecule has 1 aliphatic heterocycles. The van der Waals surface area contributed by atoms with Crippen LogP contribution >= 0.6 is 0 Å². The number of urea groups is 1. The molecule has 0 atom stereocenters. The molecular weight excluding hydrogens is 372 g/mol. The first kappa shape index (κ1) is 20.6.